The zero-order valence-electron chi connectivity index (χ0n) is 19.0. The summed E-state index contributed by atoms with van der Waals surface area (Å²) in [5.74, 6) is 1.46. The quantitative estimate of drug-likeness (QED) is 0.365. The lowest BCUT2D eigenvalue weighted by molar-refractivity contribution is 0.145. The maximum Gasteiger partial charge on any atom is 0.253 e. The molecule has 0 bridgehead atoms. The average molecular weight is 468 g/mol. The van der Waals surface area contributed by atoms with Crippen LogP contribution in [-0.4, -0.2) is 41.5 Å². The largest absolute Gasteiger partial charge is 0.454 e. The van der Waals surface area contributed by atoms with Crippen molar-refractivity contribution in [2.75, 3.05) is 26.6 Å². The van der Waals surface area contributed by atoms with Crippen LogP contribution in [-0.2, 0) is 17.8 Å². The molecular weight excluding hydrogens is 438 g/mol. The minimum Gasteiger partial charge on any atom is -0.454 e. The molecule has 0 fully saturated rings. The zero-order chi connectivity index (χ0) is 23.2. The SMILES string of the molecule is CCOCCCNC(=S)N(Cc1ccc2c(c1)OCO2)Cc1cc2ccc(C)cc2[nH]c1=O. The number of rotatable bonds is 9. The fraction of sp³-hybridized carbons (Fsp3) is 0.360. The summed E-state index contributed by atoms with van der Waals surface area (Å²) in [5, 5.41) is 4.89. The van der Waals surface area contributed by atoms with Gasteiger partial charge in [0.05, 0.1) is 6.54 Å². The first-order valence-electron chi connectivity index (χ1n) is 11.1. The molecule has 0 saturated carbocycles. The fourth-order valence-electron chi connectivity index (χ4n) is 3.77. The number of hydrogen-bond acceptors (Lipinski definition) is 5. The number of aromatic nitrogens is 1. The molecule has 0 radical (unpaired) electrons. The lowest BCUT2D eigenvalue weighted by Gasteiger charge is -2.26. The topological polar surface area (TPSA) is 75.8 Å². The van der Waals surface area contributed by atoms with Crippen LogP contribution in [0.15, 0.2) is 47.3 Å². The molecule has 33 heavy (non-hydrogen) atoms. The summed E-state index contributed by atoms with van der Waals surface area (Å²) in [6.07, 6.45) is 0.849. The van der Waals surface area contributed by atoms with Crippen LogP contribution in [0.2, 0.25) is 0 Å². The number of H-pyrrole nitrogens is 1. The van der Waals surface area contributed by atoms with Crippen LogP contribution in [0, 0.1) is 6.92 Å². The third-order valence-electron chi connectivity index (χ3n) is 5.48. The second-order valence-corrected chi connectivity index (χ2v) is 8.43. The van der Waals surface area contributed by atoms with Gasteiger partial charge in [-0.25, -0.2) is 0 Å². The summed E-state index contributed by atoms with van der Waals surface area (Å²) in [6, 6.07) is 13.8. The molecule has 0 amide bonds. The van der Waals surface area contributed by atoms with E-state index in [9.17, 15) is 4.79 Å². The number of fused-ring (bicyclic) bond motifs is 2. The van der Waals surface area contributed by atoms with Gasteiger partial charge in [-0.3, -0.25) is 4.79 Å². The van der Waals surface area contributed by atoms with E-state index in [0.29, 0.717) is 43.5 Å². The van der Waals surface area contributed by atoms with Gasteiger partial charge < -0.3 is 29.4 Å². The summed E-state index contributed by atoms with van der Waals surface area (Å²) >= 11 is 5.71. The van der Waals surface area contributed by atoms with Gasteiger partial charge in [0.25, 0.3) is 5.56 Å². The molecule has 2 N–H and O–H groups in total. The van der Waals surface area contributed by atoms with E-state index in [1.807, 2.05) is 61.2 Å². The second kappa shape index (κ2) is 10.7. The van der Waals surface area contributed by atoms with E-state index in [0.717, 1.165) is 39.9 Å². The van der Waals surface area contributed by atoms with E-state index in [1.165, 1.54) is 0 Å². The Morgan fingerprint density at radius 1 is 1.15 bits per heavy atom. The molecule has 7 nitrogen and oxygen atoms in total. The number of pyridine rings is 1. The zero-order valence-corrected chi connectivity index (χ0v) is 19.8. The summed E-state index contributed by atoms with van der Waals surface area (Å²) in [4.78, 5) is 17.8. The van der Waals surface area contributed by atoms with Gasteiger partial charge in [0.2, 0.25) is 6.79 Å². The highest BCUT2D eigenvalue weighted by Gasteiger charge is 2.17. The lowest BCUT2D eigenvalue weighted by atomic mass is 10.1. The first-order valence-corrected chi connectivity index (χ1v) is 11.6. The highest BCUT2D eigenvalue weighted by molar-refractivity contribution is 7.80. The predicted octanol–water partition coefficient (Wildman–Crippen LogP) is 3.87. The monoisotopic (exact) mass is 467 g/mol. The molecule has 1 aliphatic heterocycles. The number of aryl methyl sites for hydroxylation is 1. The van der Waals surface area contributed by atoms with Crippen molar-refractivity contribution in [2.45, 2.75) is 33.4 Å². The summed E-state index contributed by atoms with van der Waals surface area (Å²) in [7, 11) is 0. The molecule has 3 aromatic rings. The summed E-state index contributed by atoms with van der Waals surface area (Å²) in [5.41, 5.74) is 3.51. The van der Waals surface area contributed by atoms with Crippen LogP contribution in [0.4, 0.5) is 0 Å². The molecule has 1 aliphatic rings. The van der Waals surface area contributed by atoms with Crippen molar-refractivity contribution in [1.82, 2.24) is 15.2 Å². The van der Waals surface area contributed by atoms with Gasteiger partial charge in [-0.2, -0.15) is 0 Å². The van der Waals surface area contributed by atoms with E-state index in [-0.39, 0.29) is 12.4 Å². The lowest BCUT2D eigenvalue weighted by Crippen LogP contribution is -2.40. The molecule has 0 atom stereocenters. The third-order valence-corrected chi connectivity index (χ3v) is 5.89. The Kier molecular flexibility index (Phi) is 7.47. The summed E-state index contributed by atoms with van der Waals surface area (Å²) in [6.45, 7) is 7.20. The van der Waals surface area contributed by atoms with Gasteiger partial charge in [-0.1, -0.05) is 18.2 Å². The Bertz CT molecular complexity index is 1190. The van der Waals surface area contributed by atoms with E-state index in [1.54, 1.807) is 0 Å². The van der Waals surface area contributed by atoms with Crippen molar-refractivity contribution < 1.29 is 14.2 Å². The standard InChI is InChI=1S/C25H29N3O4S/c1-3-30-10-4-9-26-25(33)28(14-18-6-8-22-23(12-18)32-16-31-22)15-20-13-19-7-5-17(2)11-21(19)27-24(20)29/h5-8,11-13H,3-4,9-10,14-16H2,1-2H3,(H,26,33)(H,27,29). The molecule has 0 saturated heterocycles. The number of nitrogens with zero attached hydrogens (tertiary/aromatic N) is 1. The maximum absolute atomic E-state index is 12.8. The Balaban J connectivity index is 1.54. The molecule has 0 unspecified atom stereocenters. The Morgan fingerprint density at radius 3 is 2.85 bits per heavy atom. The minimum absolute atomic E-state index is 0.108. The first kappa shape index (κ1) is 23.1. The van der Waals surface area contributed by atoms with Crippen molar-refractivity contribution in [3.05, 3.63) is 69.5 Å². The normalized spacial score (nSPS) is 12.2. The van der Waals surface area contributed by atoms with Gasteiger partial charge >= 0.3 is 0 Å². The van der Waals surface area contributed by atoms with Crippen molar-refractivity contribution in [2.24, 2.45) is 0 Å². The molecule has 0 aliphatic carbocycles. The number of aromatic amines is 1. The van der Waals surface area contributed by atoms with Crippen LogP contribution >= 0.6 is 12.2 Å². The Hall–Kier alpha value is -3.10. The van der Waals surface area contributed by atoms with Crippen molar-refractivity contribution in [1.29, 1.82) is 0 Å². The summed E-state index contributed by atoms with van der Waals surface area (Å²) < 4.78 is 16.3. The molecule has 2 heterocycles. The molecule has 4 rings (SSSR count). The van der Waals surface area contributed by atoms with Gasteiger partial charge in [-0.05, 0) is 73.3 Å². The Labute approximate surface area is 198 Å². The van der Waals surface area contributed by atoms with Crippen LogP contribution in [0.3, 0.4) is 0 Å². The van der Waals surface area contributed by atoms with Gasteiger partial charge in [0, 0.05) is 37.4 Å². The van der Waals surface area contributed by atoms with Gasteiger partial charge in [0.15, 0.2) is 16.6 Å². The van der Waals surface area contributed by atoms with Crippen LogP contribution in [0.1, 0.15) is 30.0 Å². The number of thiocarbonyl (C=S) groups is 1. The van der Waals surface area contributed by atoms with E-state index in [2.05, 4.69) is 10.3 Å². The van der Waals surface area contributed by atoms with E-state index < -0.39 is 0 Å². The van der Waals surface area contributed by atoms with E-state index >= 15 is 0 Å². The second-order valence-electron chi connectivity index (χ2n) is 8.04. The molecule has 0 spiro atoms. The minimum atomic E-state index is -0.108. The third kappa shape index (κ3) is 5.83. The van der Waals surface area contributed by atoms with Crippen molar-refractivity contribution >= 4 is 28.2 Å². The van der Waals surface area contributed by atoms with Gasteiger partial charge in [-0.15, -0.1) is 0 Å². The fourth-order valence-corrected chi connectivity index (χ4v) is 4.00. The Morgan fingerprint density at radius 2 is 2.00 bits per heavy atom. The number of hydrogen-bond donors (Lipinski definition) is 2. The van der Waals surface area contributed by atoms with Crippen LogP contribution < -0.4 is 20.3 Å². The predicted molar refractivity (Wildman–Crippen MR) is 133 cm³/mol. The van der Waals surface area contributed by atoms with Crippen molar-refractivity contribution in [3.8, 4) is 11.5 Å². The highest BCUT2D eigenvalue weighted by Crippen LogP contribution is 2.33. The van der Waals surface area contributed by atoms with Crippen LogP contribution in [0.25, 0.3) is 10.9 Å². The smallest absolute Gasteiger partial charge is 0.253 e. The van der Waals surface area contributed by atoms with Gasteiger partial charge in [0.1, 0.15) is 0 Å². The number of nitrogens with one attached hydrogen (secondary N) is 2. The first-order chi connectivity index (χ1) is 16.0. The number of ether oxygens (including phenoxy) is 3. The number of benzene rings is 2. The molecular formula is C25H29N3O4S. The average Bonchev–Trinajstić information content (AvgIpc) is 3.27. The van der Waals surface area contributed by atoms with E-state index in [4.69, 9.17) is 26.4 Å². The van der Waals surface area contributed by atoms with Crippen LogP contribution in [0.5, 0.6) is 11.5 Å². The molecule has 1 aromatic heterocycles. The molecule has 174 valence electrons. The highest BCUT2D eigenvalue weighted by atomic mass is 32.1. The van der Waals surface area contributed by atoms with Crippen molar-refractivity contribution in [3.63, 3.8) is 0 Å². The maximum atomic E-state index is 12.8. The molecule has 8 heteroatoms. The molecule has 2 aromatic carbocycles.